The normalized spacial score (nSPS) is 12.6. The number of nitrogens with one attached hydrogen (secondary N) is 1. The van der Waals surface area contributed by atoms with Crippen LogP contribution >= 0.6 is 0 Å². The van der Waals surface area contributed by atoms with Gasteiger partial charge < -0.3 is 11.1 Å². The lowest BCUT2D eigenvalue weighted by Crippen LogP contribution is -2.37. The molecule has 1 unspecified atom stereocenters. The van der Waals surface area contributed by atoms with Crippen molar-refractivity contribution in [3.05, 3.63) is 34.9 Å². The molecule has 0 aromatic heterocycles. The van der Waals surface area contributed by atoms with Crippen LogP contribution in [0.25, 0.3) is 0 Å². The number of carbonyl (C=O) groups is 1. The van der Waals surface area contributed by atoms with Crippen LogP contribution < -0.4 is 11.1 Å². The summed E-state index contributed by atoms with van der Waals surface area (Å²) in [7, 11) is 0. The first-order valence-corrected chi connectivity index (χ1v) is 6.49. The van der Waals surface area contributed by atoms with Crippen molar-refractivity contribution in [1.82, 2.24) is 5.32 Å². The summed E-state index contributed by atoms with van der Waals surface area (Å²) < 4.78 is 0. The van der Waals surface area contributed by atoms with Gasteiger partial charge in [-0.25, -0.2) is 0 Å². The molecule has 0 aliphatic rings. The molecule has 0 aliphatic heterocycles. The van der Waals surface area contributed by atoms with E-state index < -0.39 is 0 Å². The van der Waals surface area contributed by atoms with Gasteiger partial charge in [0.25, 0.3) is 0 Å². The quantitative estimate of drug-likeness (QED) is 0.839. The van der Waals surface area contributed by atoms with Crippen LogP contribution in [0.5, 0.6) is 0 Å². The predicted octanol–water partition coefficient (Wildman–Crippen LogP) is 2.15. The SMILES string of the molecule is Cc1ccc(C)c(CNC(=O)C(CN)C(C)C)c1. The summed E-state index contributed by atoms with van der Waals surface area (Å²) in [5.41, 5.74) is 9.22. The smallest absolute Gasteiger partial charge is 0.224 e. The molecule has 100 valence electrons. The van der Waals surface area contributed by atoms with Gasteiger partial charge in [0.2, 0.25) is 5.91 Å². The van der Waals surface area contributed by atoms with Gasteiger partial charge in [0.15, 0.2) is 0 Å². The molecule has 3 heteroatoms. The first kappa shape index (κ1) is 14.7. The van der Waals surface area contributed by atoms with E-state index in [1.165, 1.54) is 16.7 Å². The Balaban J connectivity index is 2.64. The maximum atomic E-state index is 12.0. The maximum Gasteiger partial charge on any atom is 0.224 e. The summed E-state index contributed by atoms with van der Waals surface area (Å²) in [5, 5.41) is 2.98. The zero-order valence-electron chi connectivity index (χ0n) is 11.8. The Morgan fingerprint density at radius 3 is 2.56 bits per heavy atom. The van der Waals surface area contributed by atoms with Crippen molar-refractivity contribution in [3.8, 4) is 0 Å². The first-order chi connectivity index (χ1) is 8.45. The van der Waals surface area contributed by atoms with Gasteiger partial charge in [-0.1, -0.05) is 37.6 Å². The largest absolute Gasteiger partial charge is 0.352 e. The molecule has 0 aliphatic carbocycles. The fourth-order valence-corrected chi connectivity index (χ4v) is 1.99. The minimum Gasteiger partial charge on any atom is -0.352 e. The third-order valence-corrected chi connectivity index (χ3v) is 3.35. The number of benzene rings is 1. The molecule has 0 bridgehead atoms. The van der Waals surface area contributed by atoms with E-state index in [-0.39, 0.29) is 17.7 Å². The minimum absolute atomic E-state index is 0.0495. The summed E-state index contributed by atoms with van der Waals surface area (Å²) >= 11 is 0. The summed E-state index contributed by atoms with van der Waals surface area (Å²) in [4.78, 5) is 12.0. The van der Waals surface area contributed by atoms with Gasteiger partial charge in [0.1, 0.15) is 0 Å². The molecule has 1 rings (SSSR count). The number of amides is 1. The molecule has 0 saturated carbocycles. The average Bonchev–Trinajstić information content (AvgIpc) is 2.30. The van der Waals surface area contributed by atoms with E-state index in [0.717, 1.165) is 0 Å². The van der Waals surface area contributed by atoms with Crippen LogP contribution in [0.15, 0.2) is 18.2 Å². The Labute approximate surface area is 110 Å². The van der Waals surface area contributed by atoms with E-state index in [1.807, 2.05) is 13.8 Å². The molecule has 0 radical (unpaired) electrons. The molecule has 0 spiro atoms. The van der Waals surface area contributed by atoms with Gasteiger partial charge in [0.05, 0.1) is 5.92 Å². The van der Waals surface area contributed by atoms with Crippen LogP contribution in [0.2, 0.25) is 0 Å². The van der Waals surface area contributed by atoms with Gasteiger partial charge in [0, 0.05) is 13.1 Å². The molecule has 3 nitrogen and oxygen atoms in total. The van der Waals surface area contributed by atoms with Crippen LogP contribution in [0.4, 0.5) is 0 Å². The number of carbonyl (C=O) groups excluding carboxylic acids is 1. The average molecular weight is 248 g/mol. The molecule has 0 saturated heterocycles. The highest BCUT2D eigenvalue weighted by Gasteiger charge is 2.20. The Morgan fingerprint density at radius 2 is 2.00 bits per heavy atom. The second kappa shape index (κ2) is 6.55. The van der Waals surface area contributed by atoms with Gasteiger partial charge in [-0.2, -0.15) is 0 Å². The molecule has 0 heterocycles. The fraction of sp³-hybridized carbons (Fsp3) is 0.533. The van der Waals surface area contributed by atoms with E-state index in [1.54, 1.807) is 0 Å². The zero-order valence-corrected chi connectivity index (χ0v) is 11.8. The Morgan fingerprint density at radius 1 is 1.33 bits per heavy atom. The Hall–Kier alpha value is -1.35. The topological polar surface area (TPSA) is 55.1 Å². The number of rotatable bonds is 5. The standard InChI is InChI=1S/C15H24N2O/c1-10(2)14(8-16)15(18)17-9-13-7-11(3)5-6-12(13)4/h5-7,10,14H,8-9,16H2,1-4H3,(H,17,18). The van der Waals surface area contributed by atoms with Crippen molar-refractivity contribution in [2.24, 2.45) is 17.6 Å². The Bertz CT molecular complexity index is 413. The van der Waals surface area contributed by atoms with E-state index in [0.29, 0.717) is 13.1 Å². The molecule has 1 amide bonds. The van der Waals surface area contributed by atoms with E-state index in [4.69, 9.17) is 5.73 Å². The van der Waals surface area contributed by atoms with Gasteiger partial charge >= 0.3 is 0 Å². The highest BCUT2D eigenvalue weighted by Crippen LogP contribution is 2.12. The van der Waals surface area contributed by atoms with Crippen LogP contribution in [-0.2, 0) is 11.3 Å². The van der Waals surface area contributed by atoms with E-state index >= 15 is 0 Å². The van der Waals surface area contributed by atoms with E-state index in [9.17, 15) is 4.79 Å². The summed E-state index contributed by atoms with van der Waals surface area (Å²) in [6.07, 6.45) is 0. The summed E-state index contributed by atoms with van der Waals surface area (Å²) in [6.45, 7) is 9.14. The van der Waals surface area contributed by atoms with Crippen LogP contribution in [-0.4, -0.2) is 12.5 Å². The highest BCUT2D eigenvalue weighted by molar-refractivity contribution is 5.79. The monoisotopic (exact) mass is 248 g/mol. The maximum absolute atomic E-state index is 12.0. The number of nitrogens with two attached hydrogens (primary N) is 1. The van der Waals surface area contributed by atoms with Crippen molar-refractivity contribution in [3.63, 3.8) is 0 Å². The zero-order chi connectivity index (χ0) is 13.7. The second-order valence-electron chi connectivity index (χ2n) is 5.23. The molecule has 1 aromatic rings. The highest BCUT2D eigenvalue weighted by atomic mass is 16.1. The van der Waals surface area contributed by atoms with Gasteiger partial charge in [-0.3, -0.25) is 4.79 Å². The number of aryl methyl sites for hydroxylation is 2. The molecule has 1 aromatic carbocycles. The van der Waals surface area contributed by atoms with Crippen molar-refractivity contribution in [1.29, 1.82) is 0 Å². The predicted molar refractivity (Wildman–Crippen MR) is 75.1 cm³/mol. The Kier molecular flexibility index (Phi) is 5.35. The molecular formula is C15H24N2O. The lowest BCUT2D eigenvalue weighted by atomic mass is 9.95. The van der Waals surface area contributed by atoms with Crippen LogP contribution in [0.1, 0.15) is 30.5 Å². The summed E-state index contributed by atoms with van der Waals surface area (Å²) in [6, 6.07) is 6.28. The van der Waals surface area contributed by atoms with Crippen LogP contribution in [0, 0.1) is 25.7 Å². The lowest BCUT2D eigenvalue weighted by molar-refractivity contribution is -0.126. The van der Waals surface area contributed by atoms with E-state index in [2.05, 4.69) is 37.4 Å². The summed E-state index contributed by atoms with van der Waals surface area (Å²) in [5.74, 6) is 0.220. The second-order valence-corrected chi connectivity index (χ2v) is 5.23. The number of hydrogen-bond donors (Lipinski definition) is 2. The van der Waals surface area contributed by atoms with Crippen molar-refractivity contribution in [2.45, 2.75) is 34.2 Å². The molecular weight excluding hydrogens is 224 g/mol. The molecule has 18 heavy (non-hydrogen) atoms. The lowest BCUT2D eigenvalue weighted by Gasteiger charge is -2.18. The third kappa shape index (κ3) is 3.84. The first-order valence-electron chi connectivity index (χ1n) is 6.49. The van der Waals surface area contributed by atoms with Crippen molar-refractivity contribution >= 4 is 5.91 Å². The third-order valence-electron chi connectivity index (χ3n) is 3.35. The molecule has 3 N–H and O–H groups in total. The van der Waals surface area contributed by atoms with Gasteiger partial charge in [-0.15, -0.1) is 0 Å². The van der Waals surface area contributed by atoms with Crippen molar-refractivity contribution < 1.29 is 4.79 Å². The fourth-order valence-electron chi connectivity index (χ4n) is 1.99. The minimum atomic E-state index is -0.102. The number of hydrogen-bond acceptors (Lipinski definition) is 2. The molecule has 0 fully saturated rings. The van der Waals surface area contributed by atoms with Crippen LogP contribution in [0.3, 0.4) is 0 Å². The van der Waals surface area contributed by atoms with Crippen molar-refractivity contribution in [2.75, 3.05) is 6.54 Å². The van der Waals surface area contributed by atoms with Gasteiger partial charge in [-0.05, 0) is 30.9 Å². The molecule has 1 atom stereocenters.